The summed E-state index contributed by atoms with van der Waals surface area (Å²) in [7, 11) is -3.97. The summed E-state index contributed by atoms with van der Waals surface area (Å²) < 4.78 is 40.7. The fourth-order valence-electron chi connectivity index (χ4n) is 3.03. The first-order chi connectivity index (χ1) is 11.2. The molecular weight excluding hydrogens is 333 g/mol. The molecule has 0 fully saturated rings. The van der Waals surface area contributed by atoms with Gasteiger partial charge in [-0.1, -0.05) is 12.1 Å². The van der Waals surface area contributed by atoms with Crippen molar-refractivity contribution in [1.82, 2.24) is 0 Å². The summed E-state index contributed by atoms with van der Waals surface area (Å²) in [5.41, 5.74) is 1.96. The third-order valence-corrected chi connectivity index (χ3v) is 6.18. The topological polar surface area (TPSA) is 74.7 Å². The third kappa shape index (κ3) is 2.54. The number of benzene rings is 2. The van der Waals surface area contributed by atoms with Crippen LogP contribution in [0.25, 0.3) is 0 Å². The van der Waals surface area contributed by atoms with Gasteiger partial charge in [0.25, 0.3) is 10.0 Å². The van der Waals surface area contributed by atoms with Crippen LogP contribution in [-0.2, 0) is 16.4 Å². The lowest BCUT2D eigenvalue weighted by Gasteiger charge is -2.21. The number of nitrogens with zero attached hydrogens (tertiary/aromatic N) is 1. The summed E-state index contributed by atoms with van der Waals surface area (Å²) in [6, 6.07) is 6.79. The first-order valence-corrected chi connectivity index (χ1v) is 8.81. The molecule has 2 aromatic rings. The smallest absolute Gasteiger partial charge is 0.335 e. The molecule has 0 aliphatic carbocycles. The van der Waals surface area contributed by atoms with E-state index in [1.165, 1.54) is 18.2 Å². The van der Waals surface area contributed by atoms with E-state index in [1.807, 2.05) is 0 Å². The van der Waals surface area contributed by atoms with Gasteiger partial charge in [-0.15, -0.1) is 0 Å². The third-order valence-electron chi connectivity index (χ3n) is 4.22. The lowest BCUT2D eigenvalue weighted by atomic mass is 10.1. The monoisotopic (exact) mass is 349 g/mol. The van der Waals surface area contributed by atoms with Crippen molar-refractivity contribution in [1.29, 1.82) is 0 Å². The predicted octanol–water partition coefficient (Wildman–Crippen LogP) is 2.89. The molecule has 1 aliphatic heterocycles. The van der Waals surface area contributed by atoms with Gasteiger partial charge in [0.05, 0.1) is 16.1 Å². The van der Waals surface area contributed by atoms with Crippen LogP contribution >= 0.6 is 0 Å². The lowest BCUT2D eigenvalue weighted by Crippen LogP contribution is -2.30. The molecule has 3 rings (SSSR count). The molecule has 1 N–H and O–H groups in total. The van der Waals surface area contributed by atoms with Crippen molar-refractivity contribution in [2.24, 2.45) is 0 Å². The van der Waals surface area contributed by atoms with Gasteiger partial charge in [-0.2, -0.15) is 0 Å². The largest absolute Gasteiger partial charge is 0.478 e. The first-order valence-electron chi connectivity index (χ1n) is 7.37. The zero-order chi connectivity index (χ0) is 17.6. The van der Waals surface area contributed by atoms with Gasteiger partial charge < -0.3 is 5.11 Å². The van der Waals surface area contributed by atoms with Crippen molar-refractivity contribution in [3.63, 3.8) is 0 Å². The number of hydrogen-bond donors (Lipinski definition) is 1. The minimum atomic E-state index is -3.97. The van der Waals surface area contributed by atoms with Crippen molar-refractivity contribution in [2.45, 2.75) is 25.2 Å². The summed E-state index contributed by atoms with van der Waals surface area (Å²) in [6.07, 6.45) is 0.492. The van der Waals surface area contributed by atoms with Gasteiger partial charge in [-0.3, -0.25) is 4.31 Å². The predicted molar refractivity (Wildman–Crippen MR) is 87.5 cm³/mol. The Morgan fingerprint density at radius 2 is 1.88 bits per heavy atom. The van der Waals surface area contributed by atoms with Gasteiger partial charge in [0, 0.05) is 6.54 Å². The Hall–Kier alpha value is -2.41. The normalized spacial score (nSPS) is 13.9. The number of aromatic carboxylic acids is 1. The molecule has 0 atom stereocenters. The summed E-state index contributed by atoms with van der Waals surface area (Å²) in [5.74, 6) is -1.69. The van der Waals surface area contributed by atoms with Crippen LogP contribution in [0.4, 0.5) is 10.1 Å². The van der Waals surface area contributed by atoms with Gasteiger partial charge in [0.2, 0.25) is 0 Å². The van der Waals surface area contributed by atoms with Crippen molar-refractivity contribution >= 4 is 21.7 Å². The maximum Gasteiger partial charge on any atom is 0.335 e. The van der Waals surface area contributed by atoms with E-state index in [0.29, 0.717) is 23.2 Å². The molecule has 0 saturated carbocycles. The number of fused-ring (bicyclic) bond motifs is 1. The Balaban J connectivity index is 2.16. The molecule has 0 bridgehead atoms. The van der Waals surface area contributed by atoms with Gasteiger partial charge in [0.15, 0.2) is 0 Å². The SMILES string of the molecule is Cc1cc(C)c(S(=O)(=O)N2CCc3ccc(F)cc32)cc1C(=O)O. The average Bonchev–Trinajstić information content (AvgIpc) is 2.90. The molecule has 1 aliphatic rings. The molecule has 2 aromatic carbocycles. The van der Waals surface area contributed by atoms with Crippen LogP contribution in [0.5, 0.6) is 0 Å². The number of anilines is 1. The molecule has 0 radical (unpaired) electrons. The Kier molecular flexibility index (Phi) is 3.83. The zero-order valence-electron chi connectivity index (χ0n) is 13.2. The van der Waals surface area contributed by atoms with Gasteiger partial charge >= 0.3 is 5.97 Å². The van der Waals surface area contributed by atoms with Crippen LogP contribution in [0.2, 0.25) is 0 Å². The number of hydrogen-bond acceptors (Lipinski definition) is 3. The number of aryl methyl sites for hydroxylation is 2. The van der Waals surface area contributed by atoms with E-state index >= 15 is 0 Å². The Morgan fingerprint density at radius 3 is 2.54 bits per heavy atom. The van der Waals surface area contributed by atoms with Crippen molar-refractivity contribution in [3.05, 3.63) is 58.4 Å². The number of carbonyl (C=O) groups is 1. The van der Waals surface area contributed by atoms with Crippen LogP contribution < -0.4 is 4.31 Å². The van der Waals surface area contributed by atoms with E-state index in [9.17, 15) is 22.7 Å². The fourth-order valence-corrected chi connectivity index (χ4v) is 4.76. The van der Waals surface area contributed by atoms with E-state index in [-0.39, 0.29) is 17.0 Å². The Bertz CT molecular complexity index is 953. The van der Waals surface area contributed by atoms with Crippen molar-refractivity contribution < 1.29 is 22.7 Å². The fraction of sp³-hybridized carbons (Fsp3) is 0.235. The highest BCUT2D eigenvalue weighted by molar-refractivity contribution is 7.93. The number of carboxylic acids is 1. The second kappa shape index (κ2) is 5.59. The Labute approximate surface area is 139 Å². The molecule has 0 aromatic heterocycles. The van der Waals surface area contributed by atoms with E-state index < -0.39 is 21.8 Å². The molecule has 0 spiro atoms. The molecule has 126 valence electrons. The van der Waals surface area contributed by atoms with E-state index in [4.69, 9.17) is 0 Å². The second-order valence-electron chi connectivity index (χ2n) is 5.84. The van der Waals surface area contributed by atoms with Crippen molar-refractivity contribution in [2.75, 3.05) is 10.8 Å². The molecular formula is C17H16FNO4S. The van der Waals surface area contributed by atoms with Crippen LogP contribution in [0.15, 0.2) is 35.2 Å². The number of rotatable bonds is 3. The zero-order valence-corrected chi connectivity index (χ0v) is 14.0. The maximum absolute atomic E-state index is 13.5. The lowest BCUT2D eigenvalue weighted by molar-refractivity contribution is 0.0696. The number of sulfonamides is 1. The molecule has 0 unspecified atom stereocenters. The van der Waals surface area contributed by atoms with E-state index in [0.717, 1.165) is 9.87 Å². The van der Waals surface area contributed by atoms with Gasteiger partial charge in [-0.05, 0) is 55.2 Å². The van der Waals surface area contributed by atoms with Gasteiger partial charge in [-0.25, -0.2) is 17.6 Å². The van der Waals surface area contributed by atoms with Crippen LogP contribution in [0.1, 0.15) is 27.0 Å². The average molecular weight is 349 g/mol. The molecule has 7 heteroatoms. The Morgan fingerprint density at radius 1 is 1.17 bits per heavy atom. The van der Waals surface area contributed by atoms with Crippen LogP contribution in [0.3, 0.4) is 0 Å². The summed E-state index contributed by atoms with van der Waals surface area (Å²) in [5, 5.41) is 9.25. The quantitative estimate of drug-likeness (QED) is 0.925. The number of halogens is 1. The second-order valence-corrected chi connectivity index (χ2v) is 7.67. The number of carboxylic acid groups (broad SMARTS) is 1. The molecule has 0 amide bonds. The summed E-state index contributed by atoms with van der Waals surface area (Å²) in [4.78, 5) is 11.3. The van der Waals surface area contributed by atoms with E-state index in [2.05, 4.69) is 0 Å². The minimum Gasteiger partial charge on any atom is -0.478 e. The van der Waals surface area contributed by atoms with Crippen LogP contribution in [0, 0.1) is 19.7 Å². The van der Waals surface area contributed by atoms with Crippen LogP contribution in [-0.4, -0.2) is 26.0 Å². The van der Waals surface area contributed by atoms with E-state index in [1.54, 1.807) is 26.0 Å². The maximum atomic E-state index is 13.5. The highest BCUT2D eigenvalue weighted by Gasteiger charge is 2.33. The van der Waals surface area contributed by atoms with Gasteiger partial charge in [0.1, 0.15) is 5.82 Å². The minimum absolute atomic E-state index is 0.0576. The summed E-state index contributed by atoms with van der Waals surface area (Å²) in [6.45, 7) is 3.44. The highest BCUT2D eigenvalue weighted by Crippen LogP contribution is 2.35. The van der Waals surface area contributed by atoms with Crippen molar-refractivity contribution in [3.8, 4) is 0 Å². The standard InChI is InChI=1S/C17H16FNO4S/c1-10-7-11(2)16(9-14(10)17(20)21)24(22,23)19-6-5-12-3-4-13(18)8-15(12)19/h3-4,7-9H,5-6H2,1-2H3,(H,20,21). The first kappa shape index (κ1) is 16.4. The molecule has 5 nitrogen and oxygen atoms in total. The molecule has 1 heterocycles. The highest BCUT2D eigenvalue weighted by atomic mass is 32.2. The summed E-state index contributed by atoms with van der Waals surface area (Å²) >= 11 is 0. The molecule has 24 heavy (non-hydrogen) atoms. The molecule has 0 saturated heterocycles.